The van der Waals surface area contributed by atoms with Crippen LogP contribution in [-0.4, -0.2) is 55.8 Å². The van der Waals surface area contributed by atoms with Gasteiger partial charge in [0.1, 0.15) is 31.3 Å². The van der Waals surface area contributed by atoms with Crippen molar-refractivity contribution in [1.29, 1.82) is 0 Å². The van der Waals surface area contributed by atoms with Gasteiger partial charge in [-0.2, -0.15) is 0 Å². The standard InChI is InChI=1S/C16H17ClFNO3.C16H15ClFNO3/c2*1-21-10-22-15(9-20)14-6-5-11(8-19-14)7-12-3-2-4-13(17)16(12)18/h2-6,8,15,20H,7,9-10H2,1H3;2-6,8-9,15H,7,10H2,1H3. The van der Waals surface area contributed by atoms with E-state index in [0.717, 1.165) is 11.1 Å². The predicted octanol–water partition coefficient (Wildman–Crippen LogP) is 6.44. The van der Waals surface area contributed by atoms with Crippen LogP contribution in [0.2, 0.25) is 10.0 Å². The van der Waals surface area contributed by atoms with Crippen molar-refractivity contribution < 1.29 is 37.6 Å². The summed E-state index contributed by atoms with van der Waals surface area (Å²) in [6, 6.07) is 16.8. The number of benzene rings is 2. The number of carbonyl (C=O) groups excluding carboxylic acids is 1. The van der Waals surface area contributed by atoms with Gasteiger partial charge in [0, 0.05) is 39.5 Å². The van der Waals surface area contributed by atoms with Gasteiger partial charge in [-0.25, -0.2) is 8.78 Å². The zero-order valence-corrected chi connectivity index (χ0v) is 25.6. The Kier molecular flexibility index (Phi) is 14.7. The minimum absolute atomic E-state index is 0.000559. The number of aldehydes is 1. The molecule has 2 atom stereocenters. The van der Waals surface area contributed by atoms with Crippen LogP contribution in [0, 0.1) is 11.6 Å². The number of hydrogen-bond acceptors (Lipinski definition) is 8. The van der Waals surface area contributed by atoms with Crippen LogP contribution in [0.1, 0.15) is 45.8 Å². The van der Waals surface area contributed by atoms with Gasteiger partial charge in [0.2, 0.25) is 0 Å². The van der Waals surface area contributed by atoms with Crippen molar-refractivity contribution in [2.45, 2.75) is 25.0 Å². The second-order valence-electron chi connectivity index (χ2n) is 9.34. The van der Waals surface area contributed by atoms with E-state index in [1.54, 1.807) is 54.9 Å². The van der Waals surface area contributed by atoms with Crippen LogP contribution in [0.25, 0.3) is 0 Å². The summed E-state index contributed by atoms with van der Waals surface area (Å²) in [7, 11) is 2.97. The van der Waals surface area contributed by atoms with E-state index in [4.69, 9.17) is 42.1 Å². The molecule has 2 heterocycles. The largest absolute Gasteiger partial charge is 0.393 e. The van der Waals surface area contributed by atoms with Crippen molar-refractivity contribution in [3.63, 3.8) is 0 Å². The Morgan fingerprint density at radius 1 is 0.773 bits per heavy atom. The molecule has 0 spiro atoms. The average molecular weight is 650 g/mol. The van der Waals surface area contributed by atoms with Gasteiger partial charge in [0.15, 0.2) is 12.4 Å². The molecule has 2 aromatic carbocycles. The van der Waals surface area contributed by atoms with Crippen molar-refractivity contribution in [2.75, 3.05) is 34.4 Å². The van der Waals surface area contributed by atoms with E-state index in [1.807, 2.05) is 6.07 Å². The molecular formula is C32H32Cl2F2N2O6. The number of methoxy groups -OCH3 is 2. The number of rotatable bonds is 14. The highest BCUT2D eigenvalue weighted by atomic mass is 35.5. The summed E-state index contributed by atoms with van der Waals surface area (Å²) < 4.78 is 47.8. The number of aliphatic hydroxyl groups is 1. The van der Waals surface area contributed by atoms with Crippen molar-refractivity contribution >= 4 is 29.5 Å². The molecule has 8 nitrogen and oxygen atoms in total. The third-order valence-corrected chi connectivity index (χ3v) is 6.79. The first-order chi connectivity index (χ1) is 21.3. The van der Waals surface area contributed by atoms with Gasteiger partial charge in [0.25, 0.3) is 0 Å². The van der Waals surface area contributed by atoms with E-state index >= 15 is 0 Å². The van der Waals surface area contributed by atoms with E-state index in [0.29, 0.717) is 41.6 Å². The number of pyridine rings is 2. The van der Waals surface area contributed by atoms with E-state index in [-0.39, 0.29) is 30.2 Å². The second-order valence-corrected chi connectivity index (χ2v) is 10.2. The van der Waals surface area contributed by atoms with E-state index in [9.17, 15) is 18.7 Å². The number of ether oxygens (including phenoxy) is 4. The number of aliphatic hydroxyl groups excluding tert-OH is 1. The summed E-state index contributed by atoms with van der Waals surface area (Å²) in [6.07, 6.45) is 3.30. The van der Waals surface area contributed by atoms with Crippen LogP contribution in [0.15, 0.2) is 73.1 Å². The Bertz CT molecular complexity index is 1460. The van der Waals surface area contributed by atoms with Gasteiger partial charge in [-0.15, -0.1) is 0 Å². The Hall–Kier alpha value is -3.35. The van der Waals surface area contributed by atoms with Crippen molar-refractivity contribution in [2.24, 2.45) is 0 Å². The molecule has 0 saturated carbocycles. The zero-order chi connectivity index (χ0) is 31.9. The van der Waals surface area contributed by atoms with Crippen LogP contribution >= 0.6 is 23.2 Å². The number of nitrogens with zero attached hydrogens (tertiary/aromatic N) is 2. The maximum absolute atomic E-state index is 13.9. The lowest BCUT2D eigenvalue weighted by Crippen LogP contribution is -2.12. The Morgan fingerprint density at radius 2 is 1.27 bits per heavy atom. The number of halogens is 4. The monoisotopic (exact) mass is 648 g/mol. The smallest absolute Gasteiger partial charge is 0.157 e. The van der Waals surface area contributed by atoms with Crippen LogP contribution in [0.3, 0.4) is 0 Å². The molecule has 0 aliphatic carbocycles. The Morgan fingerprint density at radius 3 is 1.70 bits per heavy atom. The van der Waals surface area contributed by atoms with Crippen LogP contribution in [0.4, 0.5) is 8.78 Å². The fourth-order valence-corrected chi connectivity index (χ4v) is 4.36. The molecule has 0 amide bonds. The highest BCUT2D eigenvalue weighted by Gasteiger charge is 2.14. The fourth-order valence-electron chi connectivity index (χ4n) is 3.97. The molecule has 0 aliphatic rings. The lowest BCUT2D eigenvalue weighted by molar-refractivity contribution is -0.128. The van der Waals surface area contributed by atoms with Gasteiger partial charge < -0.3 is 24.1 Å². The molecule has 0 aliphatic heterocycles. The first-order valence-corrected chi connectivity index (χ1v) is 14.1. The summed E-state index contributed by atoms with van der Waals surface area (Å²) in [5.41, 5.74) is 3.72. The summed E-state index contributed by atoms with van der Waals surface area (Å²) in [5.74, 6) is -0.840. The third kappa shape index (κ3) is 10.4. The highest BCUT2D eigenvalue weighted by molar-refractivity contribution is 6.31. The van der Waals surface area contributed by atoms with Gasteiger partial charge in [-0.1, -0.05) is 59.6 Å². The molecule has 0 bridgehead atoms. The minimum atomic E-state index is -0.781. The number of aromatic nitrogens is 2. The third-order valence-electron chi connectivity index (χ3n) is 6.21. The first kappa shape index (κ1) is 35.1. The molecule has 0 saturated heterocycles. The normalized spacial score (nSPS) is 12.2. The lowest BCUT2D eigenvalue weighted by Gasteiger charge is -2.14. The van der Waals surface area contributed by atoms with Gasteiger partial charge in [0.05, 0.1) is 28.0 Å². The predicted molar refractivity (Wildman–Crippen MR) is 161 cm³/mol. The van der Waals surface area contributed by atoms with Crippen molar-refractivity contribution in [1.82, 2.24) is 9.97 Å². The summed E-state index contributed by atoms with van der Waals surface area (Å²) in [6.45, 7) is -0.123. The Balaban J connectivity index is 0.000000240. The van der Waals surface area contributed by atoms with Crippen LogP contribution in [0.5, 0.6) is 0 Å². The molecule has 4 rings (SSSR count). The van der Waals surface area contributed by atoms with E-state index < -0.39 is 23.8 Å². The number of carbonyl (C=O) groups is 1. The van der Waals surface area contributed by atoms with Gasteiger partial charge >= 0.3 is 0 Å². The molecule has 234 valence electrons. The maximum Gasteiger partial charge on any atom is 0.157 e. The minimum Gasteiger partial charge on any atom is -0.393 e. The zero-order valence-electron chi connectivity index (χ0n) is 24.1. The Labute approximate surface area is 264 Å². The lowest BCUT2D eigenvalue weighted by atomic mass is 10.1. The summed E-state index contributed by atoms with van der Waals surface area (Å²) in [4.78, 5) is 19.4. The highest BCUT2D eigenvalue weighted by Crippen LogP contribution is 2.23. The molecule has 4 aromatic rings. The summed E-state index contributed by atoms with van der Waals surface area (Å²) >= 11 is 11.5. The molecule has 44 heavy (non-hydrogen) atoms. The molecule has 0 radical (unpaired) electrons. The molecular weight excluding hydrogens is 617 g/mol. The van der Waals surface area contributed by atoms with E-state index in [2.05, 4.69) is 9.97 Å². The maximum atomic E-state index is 13.9. The molecule has 2 unspecified atom stereocenters. The summed E-state index contributed by atoms with van der Waals surface area (Å²) in [5, 5.41) is 9.49. The molecule has 2 aromatic heterocycles. The second kappa shape index (κ2) is 18.5. The molecule has 1 N–H and O–H groups in total. The van der Waals surface area contributed by atoms with E-state index in [1.165, 1.54) is 26.4 Å². The van der Waals surface area contributed by atoms with Crippen molar-refractivity contribution in [3.05, 3.63) is 128 Å². The number of hydrogen-bond donors (Lipinski definition) is 1. The average Bonchev–Trinajstić information content (AvgIpc) is 3.04. The SMILES string of the molecule is COCOC(C=O)c1ccc(Cc2cccc(Cl)c2F)cn1.COCOC(CO)c1ccc(Cc2cccc(Cl)c2F)cn1. The van der Waals surface area contributed by atoms with Gasteiger partial charge in [-0.3, -0.25) is 14.8 Å². The van der Waals surface area contributed by atoms with Crippen LogP contribution in [-0.2, 0) is 36.6 Å². The first-order valence-electron chi connectivity index (χ1n) is 13.3. The molecule has 0 fully saturated rings. The fraction of sp³-hybridized carbons (Fsp3) is 0.281. The van der Waals surface area contributed by atoms with Gasteiger partial charge in [-0.05, 0) is 46.5 Å². The van der Waals surface area contributed by atoms with Crippen LogP contribution < -0.4 is 0 Å². The molecule has 12 heteroatoms. The van der Waals surface area contributed by atoms with Crippen molar-refractivity contribution in [3.8, 4) is 0 Å². The topological polar surface area (TPSA) is 100 Å². The quantitative estimate of drug-likeness (QED) is 0.123.